The summed E-state index contributed by atoms with van der Waals surface area (Å²) in [4.78, 5) is 14.9. The molecule has 7 nitrogen and oxygen atoms in total. The largest absolute Gasteiger partial charge is 0.497 e. The standard InChI is InChI=1S/C22H28N2O5/c1-26-18-7-5-6-17(14-18)23-16-8-10-24(11-9-16)22(25)15-12-19(27-2)21(29-4)20(13-15)28-3/h5-7,12-14,16,23H,8-11H2,1-4H3. The van der Waals surface area contributed by atoms with Gasteiger partial charge in [-0.25, -0.2) is 0 Å². The first-order valence-electron chi connectivity index (χ1n) is 9.59. The van der Waals surface area contributed by atoms with Crippen LogP contribution in [-0.4, -0.2) is 58.4 Å². The Labute approximate surface area is 171 Å². The number of methoxy groups -OCH3 is 4. The van der Waals surface area contributed by atoms with Gasteiger partial charge >= 0.3 is 0 Å². The van der Waals surface area contributed by atoms with E-state index in [4.69, 9.17) is 18.9 Å². The van der Waals surface area contributed by atoms with Gasteiger partial charge in [-0.15, -0.1) is 0 Å². The maximum Gasteiger partial charge on any atom is 0.254 e. The maximum absolute atomic E-state index is 13.0. The van der Waals surface area contributed by atoms with Crippen LogP contribution < -0.4 is 24.3 Å². The molecule has 1 saturated heterocycles. The summed E-state index contributed by atoms with van der Waals surface area (Å²) in [5, 5.41) is 3.53. The summed E-state index contributed by atoms with van der Waals surface area (Å²) in [5.41, 5.74) is 1.55. The molecule has 0 aromatic heterocycles. The van der Waals surface area contributed by atoms with E-state index in [1.54, 1.807) is 40.6 Å². The zero-order chi connectivity index (χ0) is 20.8. The zero-order valence-corrected chi connectivity index (χ0v) is 17.4. The third kappa shape index (κ3) is 4.67. The van der Waals surface area contributed by atoms with Gasteiger partial charge in [-0.2, -0.15) is 0 Å². The molecule has 2 aromatic rings. The molecular weight excluding hydrogens is 372 g/mol. The number of nitrogens with one attached hydrogen (secondary N) is 1. The SMILES string of the molecule is COc1cccc(NC2CCN(C(=O)c3cc(OC)c(OC)c(OC)c3)CC2)c1. The number of rotatable bonds is 7. The van der Waals surface area contributed by atoms with Gasteiger partial charge in [-0.1, -0.05) is 6.07 Å². The quantitative estimate of drug-likeness (QED) is 0.768. The molecule has 3 rings (SSSR count). The highest BCUT2D eigenvalue weighted by atomic mass is 16.5. The first-order valence-corrected chi connectivity index (χ1v) is 9.59. The van der Waals surface area contributed by atoms with Crippen molar-refractivity contribution in [2.75, 3.05) is 46.8 Å². The molecule has 1 aliphatic rings. The number of amides is 1. The molecule has 7 heteroatoms. The van der Waals surface area contributed by atoms with Crippen molar-refractivity contribution in [3.05, 3.63) is 42.0 Å². The highest BCUT2D eigenvalue weighted by molar-refractivity contribution is 5.95. The van der Waals surface area contributed by atoms with Crippen LogP contribution in [0.1, 0.15) is 23.2 Å². The monoisotopic (exact) mass is 400 g/mol. The fraction of sp³-hybridized carbons (Fsp3) is 0.409. The molecule has 0 radical (unpaired) electrons. The number of hydrogen-bond donors (Lipinski definition) is 1. The fourth-order valence-corrected chi connectivity index (χ4v) is 3.56. The van der Waals surface area contributed by atoms with Crippen molar-refractivity contribution in [2.24, 2.45) is 0 Å². The maximum atomic E-state index is 13.0. The molecule has 1 aliphatic heterocycles. The van der Waals surface area contributed by atoms with E-state index in [0.29, 0.717) is 41.9 Å². The number of carbonyl (C=O) groups is 1. The molecular formula is C22H28N2O5. The number of anilines is 1. The molecule has 1 amide bonds. The topological polar surface area (TPSA) is 69.3 Å². The van der Waals surface area contributed by atoms with Gasteiger partial charge < -0.3 is 29.2 Å². The predicted molar refractivity (Wildman–Crippen MR) is 112 cm³/mol. The lowest BCUT2D eigenvalue weighted by Gasteiger charge is -2.33. The molecule has 29 heavy (non-hydrogen) atoms. The van der Waals surface area contributed by atoms with Crippen molar-refractivity contribution in [3.8, 4) is 23.0 Å². The van der Waals surface area contributed by atoms with Crippen molar-refractivity contribution in [1.82, 2.24) is 4.90 Å². The van der Waals surface area contributed by atoms with Crippen molar-refractivity contribution in [1.29, 1.82) is 0 Å². The number of likely N-dealkylation sites (tertiary alicyclic amines) is 1. The van der Waals surface area contributed by atoms with Crippen molar-refractivity contribution in [3.63, 3.8) is 0 Å². The smallest absolute Gasteiger partial charge is 0.254 e. The summed E-state index contributed by atoms with van der Waals surface area (Å²) < 4.78 is 21.3. The minimum absolute atomic E-state index is 0.0379. The number of hydrogen-bond acceptors (Lipinski definition) is 6. The minimum atomic E-state index is -0.0379. The third-order valence-corrected chi connectivity index (χ3v) is 5.13. The van der Waals surface area contributed by atoms with E-state index in [-0.39, 0.29) is 5.91 Å². The van der Waals surface area contributed by atoms with E-state index < -0.39 is 0 Å². The number of carbonyl (C=O) groups excluding carboxylic acids is 1. The minimum Gasteiger partial charge on any atom is -0.497 e. The van der Waals surface area contributed by atoms with Crippen LogP contribution in [-0.2, 0) is 0 Å². The first-order chi connectivity index (χ1) is 14.1. The van der Waals surface area contributed by atoms with E-state index in [0.717, 1.165) is 24.3 Å². The van der Waals surface area contributed by atoms with Gasteiger partial charge in [0.1, 0.15) is 5.75 Å². The summed E-state index contributed by atoms with van der Waals surface area (Å²) >= 11 is 0. The van der Waals surface area contributed by atoms with Crippen LogP contribution in [0.2, 0.25) is 0 Å². The van der Waals surface area contributed by atoms with Gasteiger partial charge in [0.05, 0.1) is 28.4 Å². The number of piperidine rings is 1. The second-order valence-electron chi connectivity index (χ2n) is 6.86. The molecule has 0 saturated carbocycles. The van der Waals surface area contributed by atoms with Gasteiger partial charge in [0, 0.05) is 36.4 Å². The molecule has 1 N–H and O–H groups in total. The summed E-state index contributed by atoms with van der Waals surface area (Å²) in [5.74, 6) is 2.22. The highest BCUT2D eigenvalue weighted by Crippen LogP contribution is 2.38. The van der Waals surface area contributed by atoms with E-state index >= 15 is 0 Å². The lowest BCUT2D eigenvalue weighted by molar-refractivity contribution is 0.0717. The Morgan fingerprint density at radius 2 is 1.59 bits per heavy atom. The third-order valence-electron chi connectivity index (χ3n) is 5.13. The molecule has 2 aromatic carbocycles. The average Bonchev–Trinajstić information content (AvgIpc) is 2.78. The van der Waals surface area contributed by atoms with Crippen LogP contribution in [0.4, 0.5) is 5.69 Å². The fourth-order valence-electron chi connectivity index (χ4n) is 3.56. The van der Waals surface area contributed by atoms with E-state index in [9.17, 15) is 4.79 Å². The normalized spacial score (nSPS) is 14.3. The van der Waals surface area contributed by atoms with Crippen LogP contribution in [0.5, 0.6) is 23.0 Å². The van der Waals surface area contributed by atoms with Crippen molar-refractivity contribution in [2.45, 2.75) is 18.9 Å². The molecule has 0 bridgehead atoms. The molecule has 1 fully saturated rings. The molecule has 0 spiro atoms. The molecule has 1 heterocycles. The lowest BCUT2D eigenvalue weighted by atomic mass is 10.0. The molecule has 156 valence electrons. The number of ether oxygens (including phenoxy) is 4. The van der Waals surface area contributed by atoms with Crippen LogP contribution >= 0.6 is 0 Å². The Hall–Kier alpha value is -3.09. The van der Waals surface area contributed by atoms with E-state index in [2.05, 4.69) is 5.32 Å². The highest BCUT2D eigenvalue weighted by Gasteiger charge is 2.25. The van der Waals surface area contributed by atoms with E-state index in [1.807, 2.05) is 29.2 Å². The Kier molecular flexibility index (Phi) is 6.69. The van der Waals surface area contributed by atoms with E-state index in [1.165, 1.54) is 0 Å². The Balaban J connectivity index is 1.65. The van der Waals surface area contributed by atoms with Crippen molar-refractivity contribution < 1.29 is 23.7 Å². The van der Waals surface area contributed by atoms with Gasteiger partial charge in [0.2, 0.25) is 5.75 Å². The second-order valence-corrected chi connectivity index (χ2v) is 6.86. The molecule has 0 atom stereocenters. The zero-order valence-electron chi connectivity index (χ0n) is 17.4. The van der Waals surface area contributed by atoms with Crippen LogP contribution in [0.15, 0.2) is 36.4 Å². The van der Waals surface area contributed by atoms with Gasteiger partial charge in [-0.3, -0.25) is 4.79 Å². The second kappa shape index (κ2) is 9.41. The summed E-state index contributed by atoms with van der Waals surface area (Å²) in [6.45, 7) is 1.36. The van der Waals surface area contributed by atoms with Crippen LogP contribution in [0.25, 0.3) is 0 Å². The van der Waals surface area contributed by atoms with Crippen molar-refractivity contribution >= 4 is 11.6 Å². The van der Waals surface area contributed by atoms with Gasteiger partial charge in [0.25, 0.3) is 5.91 Å². The Morgan fingerprint density at radius 1 is 0.931 bits per heavy atom. The summed E-state index contributed by atoms with van der Waals surface area (Å²) in [6, 6.07) is 11.6. The van der Waals surface area contributed by atoms with Gasteiger partial charge in [0.15, 0.2) is 11.5 Å². The first kappa shape index (κ1) is 20.6. The lowest BCUT2D eigenvalue weighted by Crippen LogP contribution is -2.42. The predicted octanol–water partition coefficient (Wildman–Crippen LogP) is 3.44. The summed E-state index contributed by atoms with van der Waals surface area (Å²) in [6.07, 6.45) is 1.74. The molecule has 0 aliphatic carbocycles. The summed E-state index contributed by atoms with van der Waals surface area (Å²) in [7, 11) is 6.29. The Bertz CT molecular complexity index is 822. The number of benzene rings is 2. The average molecular weight is 400 g/mol. The van der Waals surface area contributed by atoms with Crippen LogP contribution in [0, 0.1) is 0 Å². The Morgan fingerprint density at radius 3 is 2.14 bits per heavy atom. The van der Waals surface area contributed by atoms with Crippen LogP contribution in [0.3, 0.4) is 0 Å². The number of nitrogens with zero attached hydrogens (tertiary/aromatic N) is 1. The molecule has 0 unspecified atom stereocenters. The van der Waals surface area contributed by atoms with Gasteiger partial charge in [-0.05, 0) is 37.1 Å².